The SMILES string of the molecule is CCn1cc(N)cc1C(=O)NCCc1noc(C)n1. The van der Waals surface area contributed by atoms with Gasteiger partial charge in [-0.25, -0.2) is 0 Å². The number of hydrogen-bond donors (Lipinski definition) is 2. The van der Waals surface area contributed by atoms with Gasteiger partial charge in [0.05, 0.1) is 5.69 Å². The van der Waals surface area contributed by atoms with Crippen molar-refractivity contribution in [2.45, 2.75) is 26.8 Å². The van der Waals surface area contributed by atoms with Crippen molar-refractivity contribution in [3.63, 3.8) is 0 Å². The van der Waals surface area contributed by atoms with Crippen molar-refractivity contribution in [3.05, 3.63) is 29.7 Å². The van der Waals surface area contributed by atoms with Crippen molar-refractivity contribution in [2.24, 2.45) is 0 Å². The average molecular weight is 263 g/mol. The largest absolute Gasteiger partial charge is 0.397 e. The van der Waals surface area contributed by atoms with Gasteiger partial charge in [-0.1, -0.05) is 5.16 Å². The highest BCUT2D eigenvalue weighted by molar-refractivity contribution is 5.93. The molecule has 102 valence electrons. The Labute approximate surface area is 110 Å². The maximum absolute atomic E-state index is 12.0. The Kier molecular flexibility index (Phi) is 3.84. The molecule has 7 nitrogen and oxygen atoms in total. The molecule has 19 heavy (non-hydrogen) atoms. The third-order valence-corrected chi connectivity index (χ3v) is 2.69. The molecule has 1 amide bonds. The van der Waals surface area contributed by atoms with Gasteiger partial charge in [-0.3, -0.25) is 4.79 Å². The van der Waals surface area contributed by atoms with E-state index in [1.165, 1.54) is 0 Å². The minimum atomic E-state index is -0.154. The van der Waals surface area contributed by atoms with E-state index >= 15 is 0 Å². The second-order valence-electron chi connectivity index (χ2n) is 4.18. The zero-order chi connectivity index (χ0) is 13.8. The van der Waals surface area contributed by atoms with Gasteiger partial charge in [-0.05, 0) is 13.0 Å². The zero-order valence-electron chi connectivity index (χ0n) is 11.0. The summed E-state index contributed by atoms with van der Waals surface area (Å²) in [5.74, 6) is 0.955. The second kappa shape index (κ2) is 5.55. The van der Waals surface area contributed by atoms with Crippen LogP contribution in [-0.2, 0) is 13.0 Å². The second-order valence-corrected chi connectivity index (χ2v) is 4.18. The lowest BCUT2D eigenvalue weighted by molar-refractivity contribution is 0.0945. The van der Waals surface area contributed by atoms with E-state index in [0.717, 1.165) is 0 Å². The first-order valence-corrected chi connectivity index (χ1v) is 6.13. The molecule has 0 aliphatic heterocycles. The van der Waals surface area contributed by atoms with E-state index in [0.29, 0.717) is 42.6 Å². The summed E-state index contributed by atoms with van der Waals surface area (Å²) in [5.41, 5.74) is 6.83. The highest BCUT2D eigenvalue weighted by Crippen LogP contribution is 2.10. The van der Waals surface area contributed by atoms with Crippen LogP contribution in [0.1, 0.15) is 29.1 Å². The first-order valence-electron chi connectivity index (χ1n) is 6.13. The summed E-state index contributed by atoms with van der Waals surface area (Å²) in [6.07, 6.45) is 2.28. The number of carbonyl (C=O) groups excluding carboxylic acids is 1. The molecule has 0 aliphatic rings. The number of nitrogen functional groups attached to an aromatic ring is 1. The van der Waals surface area contributed by atoms with E-state index < -0.39 is 0 Å². The Morgan fingerprint density at radius 2 is 2.37 bits per heavy atom. The average Bonchev–Trinajstić information content (AvgIpc) is 2.95. The van der Waals surface area contributed by atoms with E-state index in [4.69, 9.17) is 10.3 Å². The summed E-state index contributed by atoms with van der Waals surface area (Å²) in [6, 6.07) is 1.66. The minimum absolute atomic E-state index is 0.154. The highest BCUT2D eigenvalue weighted by atomic mass is 16.5. The quantitative estimate of drug-likeness (QED) is 0.829. The molecule has 0 saturated carbocycles. The molecule has 0 atom stereocenters. The van der Waals surface area contributed by atoms with Crippen molar-refractivity contribution in [1.29, 1.82) is 0 Å². The van der Waals surface area contributed by atoms with Gasteiger partial charge >= 0.3 is 0 Å². The molecule has 0 fully saturated rings. The van der Waals surface area contributed by atoms with Crippen LogP contribution in [0.4, 0.5) is 5.69 Å². The molecular formula is C12H17N5O2. The van der Waals surface area contributed by atoms with E-state index in [-0.39, 0.29) is 5.91 Å². The first-order chi connectivity index (χ1) is 9.10. The summed E-state index contributed by atoms with van der Waals surface area (Å²) in [4.78, 5) is 16.0. The number of hydrogen-bond acceptors (Lipinski definition) is 5. The lowest BCUT2D eigenvalue weighted by Gasteiger charge is -2.06. The fourth-order valence-electron chi connectivity index (χ4n) is 1.81. The topological polar surface area (TPSA) is 99.0 Å². The summed E-state index contributed by atoms with van der Waals surface area (Å²) >= 11 is 0. The molecule has 7 heteroatoms. The van der Waals surface area contributed by atoms with Crippen LogP contribution in [-0.4, -0.2) is 27.2 Å². The fraction of sp³-hybridized carbons (Fsp3) is 0.417. The number of nitrogens with two attached hydrogens (primary N) is 1. The van der Waals surface area contributed by atoms with Crippen LogP contribution < -0.4 is 11.1 Å². The van der Waals surface area contributed by atoms with Gasteiger partial charge in [-0.15, -0.1) is 0 Å². The van der Waals surface area contributed by atoms with Gasteiger partial charge < -0.3 is 20.1 Å². The molecule has 0 aliphatic carbocycles. The maximum atomic E-state index is 12.0. The monoisotopic (exact) mass is 263 g/mol. The van der Waals surface area contributed by atoms with E-state index in [2.05, 4.69) is 15.5 Å². The Hall–Kier alpha value is -2.31. The molecule has 0 spiro atoms. The summed E-state index contributed by atoms with van der Waals surface area (Å²) < 4.78 is 6.66. The van der Waals surface area contributed by atoms with Crippen LogP contribution in [0.25, 0.3) is 0 Å². The first kappa shape index (κ1) is 13.1. The third-order valence-electron chi connectivity index (χ3n) is 2.69. The number of aromatic nitrogens is 3. The fourth-order valence-corrected chi connectivity index (χ4v) is 1.81. The lowest BCUT2D eigenvalue weighted by atomic mass is 10.3. The summed E-state index contributed by atoms with van der Waals surface area (Å²) in [6.45, 7) is 4.83. The highest BCUT2D eigenvalue weighted by Gasteiger charge is 2.12. The van der Waals surface area contributed by atoms with Crippen LogP contribution in [0, 0.1) is 6.92 Å². The van der Waals surface area contributed by atoms with Crippen LogP contribution in [0.2, 0.25) is 0 Å². The normalized spacial score (nSPS) is 10.6. The smallest absolute Gasteiger partial charge is 0.267 e. The van der Waals surface area contributed by atoms with Crippen LogP contribution >= 0.6 is 0 Å². The Balaban J connectivity index is 1.90. The number of rotatable bonds is 5. The van der Waals surface area contributed by atoms with E-state index in [1.54, 1.807) is 19.2 Å². The Morgan fingerprint density at radius 3 is 3.00 bits per heavy atom. The van der Waals surface area contributed by atoms with E-state index in [1.807, 2.05) is 11.5 Å². The predicted molar refractivity (Wildman–Crippen MR) is 69.6 cm³/mol. The minimum Gasteiger partial charge on any atom is -0.397 e. The molecular weight excluding hydrogens is 246 g/mol. The molecule has 0 bridgehead atoms. The van der Waals surface area contributed by atoms with Crippen molar-refractivity contribution < 1.29 is 9.32 Å². The third kappa shape index (κ3) is 3.12. The van der Waals surface area contributed by atoms with Crippen LogP contribution in [0.15, 0.2) is 16.8 Å². The number of amides is 1. The molecule has 2 aromatic rings. The Morgan fingerprint density at radius 1 is 1.58 bits per heavy atom. The van der Waals surface area contributed by atoms with Gasteiger partial charge in [-0.2, -0.15) is 4.98 Å². The zero-order valence-corrected chi connectivity index (χ0v) is 11.0. The van der Waals surface area contributed by atoms with Crippen LogP contribution in [0.5, 0.6) is 0 Å². The Bertz CT molecular complexity index is 572. The molecule has 2 rings (SSSR count). The van der Waals surface area contributed by atoms with Gasteiger partial charge in [0.1, 0.15) is 5.69 Å². The molecule has 0 aromatic carbocycles. The number of nitrogens with one attached hydrogen (secondary N) is 1. The van der Waals surface area contributed by atoms with Gasteiger partial charge in [0, 0.05) is 32.6 Å². The lowest BCUT2D eigenvalue weighted by Crippen LogP contribution is -2.27. The molecule has 0 saturated heterocycles. The van der Waals surface area contributed by atoms with Crippen LogP contribution in [0.3, 0.4) is 0 Å². The van der Waals surface area contributed by atoms with Crippen molar-refractivity contribution in [1.82, 2.24) is 20.0 Å². The van der Waals surface area contributed by atoms with Gasteiger partial charge in [0.2, 0.25) is 5.89 Å². The van der Waals surface area contributed by atoms with Crippen molar-refractivity contribution in [3.8, 4) is 0 Å². The number of anilines is 1. The molecule has 3 N–H and O–H groups in total. The van der Waals surface area contributed by atoms with Crippen molar-refractivity contribution in [2.75, 3.05) is 12.3 Å². The van der Waals surface area contributed by atoms with E-state index in [9.17, 15) is 4.79 Å². The number of aryl methyl sites for hydroxylation is 2. The molecule has 0 radical (unpaired) electrons. The molecule has 2 aromatic heterocycles. The predicted octanol–water partition coefficient (Wildman–Crippen LogP) is 0.754. The summed E-state index contributed by atoms with van der Waals surface area (Å²) in [5, 5.41) is 6.57. The van der Waals surface area contributed by atoms with Gasteiger partial charge in [0.15, 0.2) is 5.82 Å². The number of nitrogens with zero attached hydrogens (tertiary/aromatic N) is 3. The number of carbonyl (C=O) groups is 1. The van der Waals surface area contributed by atoms with Crippen molar-refractivity contribution >= 4 is 11.6 Å². The van der Waals surface area contributed by atoms with Gasteiger partial charge in [0.25, 0.3) is 5.91 Å². The summed E-state index contributed by atoms with van der Waals surface area (Å²) in [7, 11) is 0. The molecule has 2 heterocycles. The molecule has 0 unspecified atom stereocenters. The maximum Gasteiger partial charge on any atom is 0.267 e. The standard InChI is InChI=1S/C12H17N5O2/c1-3-17-7-9(13)6-10(17)12(18)14-5-4-11-15-8(2)19-16-11/h6-7H,3-5,13H2,1-2H3,(H,14,18).